The molecule has 2 nitrogen and oxygen atoms in total. The summed E-state index contributed by atoms with van der Waals surface area (Å²) in [6, 6.07) is 5.51. The summed E-state index contributed by atoms with van der Waals surface area (Å²) in [5.41, 5.74) is 2.93. The van der Waals surface area contributed by atoms with Gasteiger partial charge in [-0.15, -0.1) is 0 Å². The van der Waals surface area contributed by atoms with Crippen molar-refractivity contribution in [1.82, 2.24) is 0 Å². The largest absolute Gasteiger partial charge is 0.488 e. The van der Waals surface area contributed by atoms with E-state index in [1.165, 1.54) is 11.1 Å². The lowest BCUT2D eigenvalue weighted by molar-refractivity contribution is 0.425. The zero-order chi connectivity index (χ0) is 10.0. The van der Waals surface area contributed by atoms with Gasteiger partial charge in [0.15, 0.2) is 0 Å². The van der Waals surface area contributed by atoms with E-state index in [2.05, 4.69) is 13.8 Å². The van der Waals surface area contributed by atoms with Crippen molar-refractivity contribution < 1.29 is 10.0 Å². The molecule has 0 heterocycles. The van der Waals surface area contributed by atoms with E-state index < -0.39 is 7.12 Å². The molecule has 1 rings (SSSR count). The molecule has 2 N–H and O–H groups in total. The Morgan fingerprint density at radius 1 is 1.23 bits per heavy atom. The molecule has 0 radical (unpaired) electrons. The Bertz CT molecular complexity index is 295. The van der Waals surface area contributed by atoms with E-state index in [0.717, 1.165) is 0 Å². The predicted octanol–water partition coefficient (Wildman–Crippen LogP) is 0.798. The maximum absolute atomic E-state index is 8.98. The van der Waals surface area contributed by atoms with Crippen molar-refractivity contribution in [1.29, 1.82) is 0 Å². The summed E-state index contributed by atoms with van der Waals surface area (Å²) in [4.78, 5) is 0. The van der Waals surface area contributed by atoms with Crippen LogP contribution in [0.3, 0.4) is 0 Å². The zero-order valence-corrected chi connectivity index (χ0v) is 8.28. The van der Waals surface area contributed by atoms with Crippen LogP contribution in [-0.4, -0.2) is 17.2 Å². The summed E-state index contributed by atoms with van der Waals surface area (Å²) in [5.74, 6) is 0.415. The Morgan fingerprint density at radius 2 is 1.85 bits per heavy atom. The molecule has 0 aliphatic carbocycles. The number of hydrogen-bond acceptors (Lipinski definition) is 2. The van der Waals surface area contributed by atoms with Crippen LogP contribution in [0, 0.1) is 6.92 Å². The normalized spacial score (nSPS) is 10.6. The fourth-order valence-corrected chi connectivity index (χ4v) is 1.44. The molecule has 0 aliphatic rings. The van der Waals surface area contributed by atoms with Gasteiger partial charge >= 0.3 is 7.12 Å². The van der Waals surface area contributed by atoms with Crippen LogP contribution in [-0.2, 0) is 0 Å². The maximum Gasteiger partial charge on any atom is 0.488 e. The van der Waals surface area contributed by atoms with Gasteiger partial charge in [0.05, 0.1) is 0 Å². The highest BCUT2D eigenvalue weighted by atomic mass is 16.4. The van der Waals surface area contributed by atoms with Crippen molar-refractivity contribution in [3.8, 4) is 0 Å². The Balaban J connectivity index is 3.11. The second-order valence-electron chi connectivity index (χ2n) is 3.64. The van der Waals surface area contributed by atoms with E-state index in [-0.39, 0.29) is 0 Å². The molecule has 70 valence electrons. The lowest BCUT2D eigenvalue weighted by Gasteiger charge is -2.11. The average molecular weight is 178 g/mol. The Labute approximate surface area is 79.4 Å². The van der Waals surface area contributed by atoms with Crippen LogP contribution in [0.4, 0.5) is 0 Å². The van der Waals surface area contributed by atoms with Gasteiger partial charge in [-0.3, -0.25) is 0 Å². The molecule has 0 saturated heterocycles. The van der Waals surface area contributed by atoms with Gasteiger partial charge in [-0.25, -0.2) is 0 Å². The number of hydrogen-bond donors (Lipinski definition) is 2. The molecule has 0 aromatic heterocycles. The summed E-state index contributed by atoms with van der Waals surface area (Å²) < 4.78 is 0. The quantitative estimate of drug-likeness (QED) is 0.657. The van der Waals surface area contributed by atoms with Crippen molar-refractivity contribution in [2.75, 3.05) is 0 Å². The zero-order valence-electron chi connectivity index (χ0n) is 8.28. The van der Waals surface area contributed by atoms with Gasteiger partial charge in [-0.1, -0.05) is 32.0 Å². The number of aryl methyl sites for hydroxylation is 1. The van der Waals surface area contributed by atoms with Crippen molar-refractivity contribution in [3.05, 3.63) is 29.3 Å². The smallest absolute Gasteiger partial charge is 0.423 e. The fourth-order valence-electron chi connectivity index (χ4n) is 1.44. The van der Waals surface area contributed by atoms with E-state index in [4.69, 9.17) is 10.0 Å². The maximum atomic E-state index is 8.98. The minimum atomic E-state index is -1.36. The van der Waals surface area contributed by atoms with Gasteiger partial charge in [0, 0.05) is 0 Å². The molecular formula is C10H15BO2. The molecule has 0 atom stereocenters. The third-order valence-electron chi connectivity index (χ3n) is 2.22. The first-order chi connectivity index (χ1) is 6.02. The molecule has 0 aliphatic heterocycles. The molecule has 0 unspecified atom stereocenters. The van der Waals surface area contributed by atoms with Gasteiger partial charge in [0.2, 0.25) is 0 Å². The minimum absolute atomic E-state index is 0.415. The van der Waals surface area contributed by atoms with Crippen LogP contribution in [0.1, 0.15) is 30.9 Å². The SMILES string of the molecule is Cc1ccc(B(O)O)cc1C(C)C. The second-order valence-corrected chi connectivity index (χ2v) is 3.64. The van der Waals surface area contributed by atoms with E-state index >= 15 is 0 Å². The van der Waals surface area contributed by atoms with Gasteiger partial charge < -0.3 is 10.0 Å². The van der Waals surface area contributed by atoms with Crippen molar-refractivity contribution in [2.24, 2.45) is 0 Å². The Hall–Kier alpha value is -0.795. The van der Waals surface area contributed by atoms with Gasteiger partial charge in [0.25, 0.3) is 0 Å². The summed E-state index contributed by atoms with van der Waals surface area (Å²) in [5, 5.41) is 18.0. The summed E-state index contributed by atoms with van der Waals surface area (Å²) in [6.07, 6.45) is 0. The fraction of sp³-hybridized carbons (Fsp3) is 0.400. The first kappa shape index (κ1) is 10.3. The minimum Gasteiger partial charge on any atom is -0.423 e. The van der Waals surface area contributed by atoms with Gasteiger partial charge in [0.1, 0.15) is 0 Å². The van der Waals surface area contributed by atoms with Crippen molar-refractivity contribution in [3.63, 3.8) is 0 Å². The molecule has 0 bridgehead atoms. The molecular weight excluding hydrogens is 163 g/mol. The third kappa shape index (κ3) is 2.33. The summed E-state index contributed by atoms with van der Waals surface area (Å²) >= 11 is 0. The second kappa shape index (κ2) is 3.94. The lowest BCUT2D eigenvalue weighted by Crippen LogP contribution is -2.30. The molecule has 0 fully saturated rings. The predicted molar refractivity (Wildman–Crippen MR) is 55.1 cm³/mol. The lowest BCUT2D eigenvalue weighted by atomic mass is 9.78. The van der Waals surface area contributed by atoms with E-state index in [0.29, 0.717) is 11.4 Å². The average Bonchev–Trinajstić information content (AvgIpc) is 2.04. The Kier molecular flexibility index (Phi) is 3.12. The highest BCUT2D eigenvalue weighted by molar-refractivity contribution is 6.58. The standard InChI is InChI=1S/C10H15BO2/c1-7(2)10-6-9(11(12)13)5-4-8(10)3/h4-7,12-13H,1-3H3. The summed E-state index contributed by atoms with van der Waals surface area (Å²) in [7, 11) is -1.36. The van der Waals surface area contributed by atoms with E-state index in [1.54, 1.807) is 6.07 Å². The molecule has 0 spiro atoms. The van der Waals surface area contributed by atoms with Crippen LogP contribution in [0.5, 0.6) is 0 Å². The first-order valence-corrected chi connectivity index (χ1v) is 4.49. The highest BCUT2D eigenvalue weighted by Crippen LogP contribution is 2.16. The monoisotopic (exact) mass is 178 g/mol. The molecule has 1 aromatic rings. The van der Waals surface area contributed by atoms with Crippen LogP contribution in [0.2, 0.25) is 0 Å². The topological polar surface area (TPSA) is 40.5 Å². The van der Waals surface area contributed by atoms with E-state index in [9.17, 15) is 0 Å². The highest BCUT2D eigenvalue weighted by Gasteiger charge is 2.13. The van der Waals surface area contributed by atoms with Crippen LogP contribution in [0.25, 0.3) is 0 Å². The molecule has 13 heavy (non-hydrogen) atoms. The van der Waals surface area contributed by atoms with Crippen molar-refractivity contribution >= 4 is 12.6 Å². The Morgan fingerprint density at radius 3 is 2.31 bits per heavy atom. The van der Waals surface area contributed by atoms with E-state index in [1.807, 2.05) is 19.1 Å². The van der Waals surface area contributed by atoms with Crippen LogP contribution >= 0.6 is 0 Å². The first-order valence-electron chi connectivity index (χ1n) is 4.49. The van der Waals surface area contributed by atoms with Crippen LogP contribution < -0.4 is 5.46 Å². The summed E-state index contributed by atoms with van der Waals surface area (Å²) in [6.45, 7) is 6.22. The number of rotatable bonds is 2. The number of benzene rings is 1. The van der Waals surface area contributed by atoms with Crippen molar-refractivity contribution in [2.45, 2.75) is 26.7 Å². The molecule has 3 heteroatoms. The van der Waals surface area contributed by atoms with Crippen LogP contribution in [0.15, 0.2) is 18.2 Å². The molecule has 1 aromatic carbocycles. The van der Waals surface area contributed by atoms with Gasteiger partial charge in [-0.05, 0) is 29.4 Å². The molecule has 0 amide bonds. The third-order valence-corrected chi connectivity index (χ3v) is 2.22. The molecule has 0 saturated carbocycles. The van der Waals surface area contributed by atoms with Gasteiger partial charge in [-0.2, -0.15) is 0 Å².